The molecular weight excluding hydrogens is 506 g/mol. The summed E-state index contributed by atoms with van der Waals surface area (Å²) in [5.41, 5.74) is -0.467. The smallest absolute Gasteiger partial charge is 0.443 e. The van der Waals surface area contributed by atoms with Crippen LogP contribution in [0.25, 0.3) is 0 Å². The van der Waals surface area contributed by atoms with Gasteiger partial charge >= 0.3 is 14.2 Å². The summed E-state index contributed by atoms with van der Waals surface area (Å²) in [6.07, 6.45) is 11.5. The molecule has 9 heteroatoms. The van der Waals surface area contributed by atoms with Crippen LogP contribution in [0.4, 0.5) is 17.6 Å². The Morgan fingerprint density at radius 2 is 0.974 bits per heavy atom. The molecule has 0 aliphatic heterocycles. The minimum absolute atomic E-state index is 0.0948. The summed E-state index contributed by atoms with van der Waals surface area (Å²) in [4.78, 5) is 0. The quantitative estimate of drug-likeness (QED) is 0.265. The Labute approximate surface area is 230 Å². The first kappa shape index (κ1) is 30.1. The van der Waals surface area contributed by atoms with Crippen molar-refractivity contribution in [3.05, 3.63) is 58.7 Å². The molecule has 0 unspecified atom stereocenters. The molecule has 2 aliphatic rings. The van der Waals surface area contributed by atoms with Gasteiger partial charge < -0.3 is 14.6 Å². The molecule has 0 heterocycles. The average molecular weight is 546 g/mol. The van der Waals surface area contributed by atoms with Crippen LogP contribution in [0, 0.1) is 35.1 Å². The fourth-order valence-electron chi connectivity index (χ4n) is 6.78. The van der Waals surface area contributed by atoms with Crippen LogP contribution >= 0.6 is 0 Å². The van der Waals surface area contributed by atoms with Crippen molar-refractivity contribution in [1.82, 2.24) is 0 Å². The molecule has 2 fully saturated rings. The van der Waals surface area contributed by atoms with Crippen molar-refractivity contribution in [2.24, 2.45) is 11.8 Å². The van der Waals surface area contributed by atoms with E-state index in [1.165, 1.54) is 24.3 Å². The summed E-state index contributed by atoms with van der Waals surface area (Å²) < 4.78 is 65.0. The van der Waals surface area contributed by atoms with Gasteiger partial charge in [0.05, 0.1) is 0 Å². The monoisotopic (exact) mass is 546 g/mol. The molecule has 0 radical (unpaired) electrons. The van der Waals surface area contributed by atoms with Crippen molar-refractivity contribution in [3.8, 4) is 0 Å². The summed E-state index contributed by atoms with van der Waals surface area (Å²) in [5.74, 6) is -3.56. The van der Waals surface area contributed by atoms with Gasteiger partial charge in [0.1, 0.15) is 0 Å². The molecule has 212 valence electrons. The van der Waals surface area contributed by atoms with Gasteiger partial charge in [-0.2, -0.15) is 0 Å². The Balaban J connectivity index is 1.42. The third-order valence-corrected chi connectivity index (χ3v) is 9.04. The minimum Gasteiger partial charge on any atom is -0.443 e. The van der Waals surface area contributed by atoms with Crippen LogP contribution in [0.1, 0.15) is 114 Å². The molecule has 0 amide bonds. The average Bonchev–Trinajstić information content (AvgIpc) is 2.93. The molecule has 0 spiro atoms. The first-order valence-electron chi connectivity index (χ1n) is 14.7. The van der Waals surface area contributed by atoms with E-state index in [2.05, 4.69) is 13.8 Å². The van der Waals surface area contributed by atoms with Gasteiger partial charge in [-0.05, 0) is 86.2 Å². The van der Waals surface area contributed by atoms with Gasteiger partial charge in [-0.1, -0.05) is 63.8 Å². The lowest BCUT2D eigenvalue weighted by atomic mass is 9.69. The zero-order valence-corrected chi connectivity index (χ0v) is 23.1. The molecule has 2 saturated carbocycles. The first-order chi connectivity index (χ1) is 18.7. The van der Waals surface area contributed by atoms with E-state index in [1.807, 2.05) is 0 Å². The molecule has 2 aliphatic carbocycles. The number of hydrogen-bond donors (Lipinski definition) is 2. The first-order valence-corrected chi connectivity index (χ1v) is 14.7. The number of benzene rings is 2. The molecule has 2 aromatic carbocycles. The van der Waals surface area contributed by atoms with E-state index in [4.69, 9.17) is 4.57 Å². The van der Waals surface area contributed by atoms with Crippen LogP contribution < -0.4 is 10.9 Å². The Bertz CT molecular complexity index is 1020. The molecule has 0 aromatic heterocycles. The topological polar surface area (TPSA) is 49.7 Å². The predicted molar refractivity (Wildman–Crippen MR) is 148 cm³/mol. The Hall–Kier alpha value is -1.83. The Morgan fingerprint density at radius 1 is 0.615 bits per heavy atom. The van der Waals surface area contributed by atoms with E-state index in [-0.39, 0.29) is 23.0 Å². The fourth-order valence-corrected chi connectivity index (χ4v) is 6.78. The Morgan fingerprint density at radius 3 is 1.31 bits per heavy atom. The van der Waals surface area contributed by atoms with Gasteiger partial charge in [0.25, 0.3) is 0 Å². The van der Waals surface area contributed by atoms with E-state index < -0.39 is 48.4 Å². The molecule has 3 nitrogen and oxygen atoms in total. The lowest BCUT2D eigenvalue weighted by Crippen LogP contribution is -2.47. The van der Waals surface area contributed by atoms with Crippen molar-refractivity contribution in [2.45, 2.75) is 103 Å². The second-order valence-corrected chi connectivity index (χ2v) is 11.6. The number of halogens is 4. The van der Waals surface area contributed by atoms with Gasteiger partial charge in [-0.3, -0.25) is 0 Å². The van der Waals surface area contributed by atoms with E-state index in [9.17, 15) is 18.8 Å². The molecule has 0 atom stereocenters. The van der Waals surface area contributed by atoms with Crippen LogP contribution in [-0.2, 0) is 4.57 Å². The van der Waals surface area contributed by atoms with Gasteiger partial charge in [0.15, 0.2) is 23.3 Å². The second-order valence-electron chi connectivity index (χ2n) is 11.6. The largest absolute Gasteiger partial charge is 0.480 e. The van der Waals surface area contributed by atoms with E-state index in [0.29, 0.717) is 11.8 Å². The molecule has 0 bridgehead atoms. The van der Waals surface area contributed by atoms with Crippen LogP contribution in [0.2, 0.25) is 0 Å². The van der Waals surface area contributed by atoms with E-state index in [0.717, 1.165) is 77.0 Å². The Kier molecular flexibility index (Phi) is 10.6. The van der Waals surface area contributed by atoms with Crippen LogP contribution in [-0.4, -0.2) is 24.3 Å². The minimum atomic E-state index is -2.07. The van der Waals surface area contributed by atoms with Gasteiger partial charge in [-0.15, -0.1) is 0 Å². The molecule has 2 N–H and O–H groups in total. The van der Waals surface area contributed by atoms with Crippen molar-refractivity contribution in [1.29, 1.82) is 0 Å². The van der Waals surface area contributed by atoms with Crippen molar-refractivity contribution in [2.75, 3.05) is 0 Å². The number of hydrogen-bond acceptors (Lipinski definition) is 3. The zero-order chi connectivity index (χ0) is 28.1. The normalized spacial score (nSPS) is 23.6. The molecule has 2 aromatic rings. The third kappa shape index (κ3) is 6.91. The van der Waals surface area contributed by atoms with Crippen LogP contribution in [0.5, 0.6) is 0 Å². The van der Waals surface area contributed by atoms with Gasteiger partial charge in [0, 0.05) is 10.9 Å². The van der Waals surface area contributed by atoms with Crippen LogP contribution in [0.3, 0.4) is 0 Å². The van der Waals surface area contributed by atoms with Gasteiger partial charge in [-0.25, -0.2) is 17.6 Å². The molecule has 0 saturated heterocycles. The van der Waals surface area contributed by atoms with E-state index in [1.54, 1.807) is 0 Å². The van der Waals surface area contributed by atoms with Crippen molar-refractivity contribution < 1.29 is 32.2 Å². The third-order valence-electron chi connectivity index (χ3n) is 9.04. The fraction of sp³-hybridized carbons (Fsp3) is 0.600. The predicted octanol–water partition coefficient (Wildman–Crippen LogP) is 6.48. The summed E-state index contributed by atoms with van der Waals surface area (Å²) in [7, 11) is -4.14. The van der Waals surface area contributed by atoms with E-state index >= 15 is 8.78 Å². The summed E-state index contributed by atoms with van der Waals surface area (Å²) in [6.45, 7) is 4.29. The SMILES string of the molecule is CCCC1CCC(c2ccc(B(O)OB(O)c3ccc(C4CCC(CCC)CC4)c(F)c3F)c(F)c2F)CC1. The van der Waals surface area contributed by atoms with Crippen molar-refractivity contribution in [3.63, 3.8) is 0 Å². The maximum atomic E-state index is 15.0. The van der Waals surface area contributed by atoms with Crippen LogP contribution in [0.15, 0.2) is 24.3 Å². The maximum Gasteiger partial charge on any atom is 0.480 e. The lowest BCUT2D eigenvalue weighted by molar-refractivity contribution is 0.303. The maximum absolute atomic E-state index is 15.0. The number of rotatable bonds is 10. The highest BCUT2D eigenvalue weighted by molar-refractivity contribution is 6.73. The summed E-state index contributed by atoms with van der Waals surface area (Å²) >= 11 is 0. The molecular formula is C30H40B2F4O3. The highest BCUT2D eigenvalue weighted by Gasteiger charge is 2.35. The summed E-state index contributed by atoms with van der Waals surface area (Å²) in [6, 6.07) is 5.36. The lowest BCUT2D eigenvalue weighted by Gasteiger charge is -2.29. The highest BCUT2D eigenvalue weighted by Crippen LogP contribution is 2.39. The second kappa shape index (κ2) is 13.7. The highest BCUT2D eigenvalue weighted by atomic mass is 19.2. The summed E-state index contributed by atoms with van der Waals surface area (Å²) in [5, 5.41) is 20.9. The zero-order valence-electron chi connectivity index (χ0n) is 23.1. The molecule has 4 rings (SSSR count). The van der Waals surface area contributed by atoms with Crippen molar-refractivity contribution >= 4 is 25.2 Å². The standard InChI is InChI=1S/C30H40B2F4O3/c1-3-5-19-7-11-21(12-8-19)23-15-17-25(29(35)27(23)33)31(37)39-32(38)26-18-16-24(28(34)30(26)36)22-13-9-20(6-4-2)10-14-22/h15-22,37-38H,3-14H2,1-2H3. The molecule has 39 heavy (non-hydrogen) atoms. The van der Waals surface area contributed by atoms with Gasteiger partial charge in [0.2, 0.25) is 0 Å².